The van der Waals surface area contributed by atoms with E-state index in [1.807, 2.05) is 13.1 Å². The average Bonchev–Trinajstić information content (AvgIpc) is 2.29. The van der Waals surface area contributed by atoms with E-state index < -0.39 is 0 Å². The second kappa shape index (κ2) is 4.91. The number of aryl methyl sites for hydroxylation is 1. The number of piperidine rings is 1. The van der Waals surface area contributed by atoms with Gasteiger partial charge >= 0.3 is 0 Å². The van der Waals surface area contributed by atoms with Crippen molar-refractivity contribution in [3.05, 3.63) is 23.8 Å². The molecule has 16 heavy (non-hydrogen) atoms. The van der Waals surface area contributed by atoms with Crippen molar-refractivity contribution < 1.29 is 0 Å². The molecule has 0 bridgehead atoms. The highest BCUT2D eigenvalue weighted by Crippen LogP contribution is 2.26. The lowest BCUT2D eigenvalue weighted by molar-refractivity contribution is 0.166. The van der Waals surface area contributed by atoms with Crippen LogP contribution in [0.25, 0.3) is 0 Å². The standard InChI is InChI=1S/C13H21N3/c1-10(2)16-8-4-5-12(9-16)13-6-7-14-11(3)15-13/h6-7,10,12H,4-5,8-9H2,1-3H3/t12-/m0/s1. The van der Waals surface area contributed by atoms with E-state index in [1.165, 1.54) is 25.1 Å². The lowest BCUT2D eigenvalue weighted by Gasteiger charge is -2.35. The molecule has 1 aromatic rings. The molecule has 1 atom stereocenters. The summed E-state index contributed by atoms with van der Waals surface area (Å²) < 4.78 is 0. The molecule has 1 aromatic heterocycles. The first-order valence-corrected chi connectivity index (χ1v) is 6.20. The van der Waals surface area contributed by atoms with Gasteiger partial charge in [0.25, 0.3) is 0 Å². The average molecular weight is 219 g/mol. The highest BCUT2D eigenvalue weighted by atomic mass is 15.2. The Balaban J connectivity index is 2.09. The fourth-order valence-electron chi connectivity index (χ4n) is 2.42. The third kappa shape index (κ3) is 2.59. The van der Waals surface area contributed by atoms with Crippen LogP contribution in [0.5, 0.6) is 0 Å². The summed E-state index contributed by atoms with van der Waals surface area (Å²) in [5, 5.41) is 0. The van der Waals surface area contributed by atoms with Crippen molar-refractivity contribution in [2.75, 3.05) is 13.1 Å². The smallest absolute Gasteiger partial charge is 0.125 e. The molecule has 0 saturated carbocycles. The van der Waals surface area contributed by atoms with E-state index in [4.69, 9.17) is 0 Å². The van der Waals surface area contributed by atoms with Crippen LogP contribution < -0.4 is 0 Å². The normalized spacial score (nSPS) is 22.6. The maximum atomic E-state index is 4.55. The van der Waals surface area contributed by atoms with E-state index in [0.717, 1.165) is 12.4 Å². The first-order chi connectivity index (χ1) is 7.66. The van der Waals surface area contributed by atoms with E-state index in [-0.39, 0.29) is 0 Å². The molecular formula is C13H21N3. The zero-order valence-electron chi connectivity index (χ0n) is 10.5. The molecule has 3 heteroatoms. The summed E-state index contributed by atoms with van der Waals surface area (Å²) in [5.41, 5.74) is 1.22. The molecule has 0 unspecified atom stereocenters. The van der Waals surface area contributed by atoms with Crippen LogP contribution in [0, 0.1) is 6.92 Å². The van der Waals surface area contributed by atoms with Gasteiger partial charge in [0.15, 0.2) is 0 Å². The number of hydrogen-bond acceptors (Lipinski definition) is 3. The largest absolute Gasteiger partial charge is 0.300 e. The molecule has 2 rings (SSSR count). The molecule has 0 N–H and O–H groups in total. The first-order valence-electron chi connectivity index (χ1n) is 6.20. The van der Waals surface area contributed by atoms with E-state index in [1.54, 1.807) is 0 Å². The summed E-state index contributed by atoms with van der Waals surface area (Å²) in [6, 6.07) is 2.72. The lowest BCUT2D eigenvalue weighted by atomic mass is 9.94. The first kappa shape index (κ1) is 11.5. The van der Waals surface area contributed by atoms with Crippen LogP contribution in [0.2, 0.25) is 0 Å². The van der Waals surface area contributed by atoms with Crippen LogP contribution in [0.3, 0.4) is 0 Å². The minimum Gasteiger partial charge on any atom is -0.300 e. The maximum absolute atomic E-state index is 4.55. The number of rotatable bonds is 2. The fraction of sp³-hybridized carbons (Fsp3) is 0.692. The minimum absolute atomic E-state index is 0.595. The Kier molecular flexibility index (Phi) is 3.54. The zero-order chi connectivity index (χ0) is 11.5. The van der Waals surface area contributed by atoms with Gasteiger partial charge in [-0.25, -0.2) is 9.97 Å². The lowest BCUT2D eigenvalue weighted by Crippen LogP contribution is -2.39. The minimum atomic E-state index is 0.595. The third-order valence-electron chi connectivity index (χ3n) is 3.40. The van der Waals surface area contributed by atoms with Gasteiger partial charge in [0, 0.05) is 30.4 Å². The van der Waals surface area contributed by atoms with Crippen molar-refractivity contribution in [2.24, 2.45) is 0 Å². The summed E-state index contributed by atoms with van der Waals surface area (Å²) in [4.78, 5) is 11.3. The number of aromatic nitrogens is 2. The Morgan fingerprint density at radius 2 is 2.25 bits per heavy atom. The maximum Gasteiger partial charge on any atom is 0.125 e. The van der Waals surface area contributed by atoms with Crippen LogP contribution in [0.4, 0.5) is 0 Å². The topological polar surface area (TPSA) is 29.0 Å². The highest BCUT2D eigenvalue weighted by Gasteiger charge is 2.23. The van der Waals surface area contributed by atoms with Gasteiger partial charge in [-0.3, -0.25) is 0 Å². The predicted octanol–water partition coefficient (Wildman–Crippen LogP) is 2.37. The van der Waals surface area contributed by atoms with Crippen LogP contribution in [-0.2, 0) is 0 Å². The quantitative estimate of drug-likeness (QED) is 0.764. The summed E-state index contributed by atoms with van der Waals surface area (Å²) >= 11 is 0. The van der Waals surface area contributed by atoms with Crippen molar-refractivity contribution in [3.63, 3.8) is 0 Å². The van der Waals surface area contributed by atoms with E-state index >= 15 is 0 Å². The van der Waals surface area contributed by atoms with Gasteiger partial charge in [-0.05, 0) is 46.2 Å². The summed E-state index contributed by atoms with van der Waals surface area (Å²) in [5.74, 6) is 1.48. The number of likely N-dealkylation sites (tertiary alicyclic amines) is 1. The van der Waals surface area contributed by atoms with Crippen LogP contribution >= 0.6 is 0 Å². The van der Waals surface area contributed by atoms with Crippen molar-refractivity contribution in [1.29, 1.82) is 0 Å². The molecule has 2 heterocycles. The molecule has 1 saturated heterocycles. The second-order valence-corrected chi connectivity index (χ2v) is 4.96. The Bertz CT molecular complexity index is 349. The van der Waals surface area contributed by atoms with Gasteiger partial charge in [-0.2, -0.15) is 0 Å². The Morgan fingerprint density at radius 3 is 2.94 bits per heavy atom. The monoisotopic (exact) mass is 219 g/mol. The highest BCUT2D eigenvalue weighted by molar-refractivity contribution is 5.10. The number of hydrogen-bond donors (Lipinski definition) is 0. The predicted molar refractivity (Wildman–Crippen MR) is 65.5 cm³/mol. The molecule has 3 nitrogen and oxygen atoms in total. The van der Waals surface area contributed by atoms with Gasteiger partial charge in [0.05, 0.1) is 0 Å². The van der Waals surface area contributed by atoms with Gasteiger partial charge in [0.1, 0.15) is 5.82 Å². The van der Waals surface area contributed by atoms with Gasteiger partial charge < -0.3 is 4.90 Å². The number of nitrogens with zero attached hydrogens (tertiary/aromatic N) is 3. The van der Waals surface area contributed by atoms with E-state index in [9.17, 15) is 0 Å². The van der Waals surface area contributed by atoms with Crippen molar-refractivity contribution in [3.8, 4) is 0 Å². The molecule has 0 aromatic carbocycles. The molecule has 88 valence electrons. The third-order valence-corrected chi connectivity index (χ3v) is 3.40. The van der Waals surface area contributed by atoms with Crippen molar-refractivity contribution in [2.45, 2.75) is 45.6 Å². The molecule has 1 fully saturated rings. The molecule has 1 aliphatic rings. The molecular weight excluding hydrogens is 198 g/mol. The Labute approximate surface area is 97.9 Å². The van der Waals surface area contributed by atoms with Gasteiger partial charge in [-0.15, -0.1) is 0 Å². The van der Waals surface area contributed by atoms with Crippen LogP contribution in [0.15, 0.2) is 12.3 Å². The van der Waals surface area contributed by atoms with Crippen molar-refractivity contribution >= 4 is 0 Å². The molecule has 0 spiro atoms. The Morgan fingerprint density at radius 1 is 1.44 bits per heavy atom. The molecule has 0 amide bonds. The van der Waals surface area contributed by atoms with E-state index in [0.29, 0.717) is 12.0 Å². The molecule has 1 aliphatic heterocycles. The second-order valence-electron chi connectivity index (χ2n) is 4.96. The van der Waals surface area contributed by atoms with Gasteiger partial charge in [-0.1, -0.05) is 0 Å². The Hall–Kier alpha value is -0.960. The van der Waals surface area contributed by atoms with Crippen LogP contribution in [0.1, 0.15) is 44.1 Å². The summed E-state index contributed by atoms with van der Waals surface area (Å²) in [6.45, 7) is 8.89. The van der Waals surface area contributed by atoms with Crippen molar-refractivity contribution in [1.82, 2.24) is 14.9 Å². The molecule has 0 radical (unpaired) electrons. The summed E-state index contributed by atoms with van der Waals surface area (Å²) in [7, 11) is 0. The molecule has 0 aliphatic carbocycles. The van der Waals surface area contributed by atoms with E-state index in [2.05, 4.69) is 34.8 Å². The zero-order valence-corrected chi connectivity index (χ0v) is 10.5. The SMILES string of the molecule is Cc1nccc([C@H]2CCCN(C(C)C)C2)n1. The fourth-order valence-corrected chi connectivity index (χ4v) is 2.42. The van der Waals surface area contributed by atoms with Crippen LogP contribution in [-0.4, -0.2) is 34.0 Å². The summed E-state index contributed by atoms with van der Waals surface area (Å²) in [6.07, 6.45) is 4.43. The van der Waals surface area contributed by atoms with Gasteiger partial charge in [0.2, 0.25) is 0 Å².